The number of furan rings is 1. The Bertz CT molecular complexity index is 539. The van der Waals surface area contributed by atoms with Crippen molar-refractivity contribution in [2.24, 2.45) is 0 Å². The Morgan fingerprint density at radius 1 is 1.53 bits per heavy atom. The normalized spacial score (nSPS) is 10.2. The zero-order chi connectivity index (χ0) is 12.3. The Balaban J connectivity index is 2.17. The number of hydrogen-bond donors (Lipinski definition) is 1. The lowest BCUT2D eigenvalue weighted by atomic mass is 10.2. The molecule has 1 amide bonds. The van der Waals surface area contributed by atoms with E-state index in [-0.39, 0.29) is 11.1 Å². The molecular formula is C11H10ClN3O2. The summed E-state index contributed by atoms with van der Waals surface area (Å²) in [5.74, 6) is 0.728. The number of nitrogens with one attached hydrogen (secondary N) is 1. The fourth-order valence-corrected chi connectivity index (χ4v) is 1.55. The zero-order valence-electron chi connectivity index (χ0n) is 9.11. The van der Waals surface area contributed by atoms with Crippen molar-refractivity contribution >= 4 is 23.3 Å². The van der Waals surface area contributed by atoms with Crippen LogP contribution in [0, 0.1) is 0 Å². The maximum Gasteiger partial charge on any atom is 0.260 e. The molecule has 88 valence electrons. The molecule has 0 saturated carbocycles. The molecule has 2 aromatic heterocycles. The number of halogens is 1. The van der Waals surface area contributed by atoms with E-state index in [2.05, 4.69) is 15.3 Å². The number of carbonyl (C=O) groups excluding carboxylic acids is 1. The molecule has 0 aliphatic carbocycles. The van der Waals surface area contributed by atoms with Gasteiger partial charge < -0.3 is 9.73 Å². The third kappa shape index (κ3) is 2.62. The smallest absolute Gasteiger partial charge is 0.260 e. The number of aryl methyl sites for hydroxylation is 1. The highest BCUT2D eigenvalue weighted by Gasteiger charge is 2.13. The summed E-state index contributed by atoms with van der Waals surface area (Å²) in [6.07, 6.45) is 3.43. The molecule has 5 nitrogen and oxygen atoms in total. The average molecular weight is 252 g/mol. The van der Waals surface area contributed by atoms with Gasteiger partial charge in [0.25, 0.3) is 5.91 Å². The van der Waals surface area contributed by atoms with Crippen LogP contribution in [0.25, 0.3) is 0 Å². The summed E-state index contributed by atoms with van der Waals surface area (Å²) in [4.78, 5) is 19.5. The maximum absolute atomic E-state index is 11.9. The first-order valence-electron chi connectivity index (χ1n) is 5.06. The van der Waals surface area contributed by atoms with E-state index in [1.807, 2.05) is 6.92 Å². The summed E-state index contributed by atoms with van der Waals surface area (Å²) in [6, 6.07) is 3.10. The van der Waals surface area contributed by atoms with Gasteiger partial charge in [0.05, 0.1) is 11.8 Å². The van der Waals surface area contributed by atoms with Crippen LogP contribution in [0.3, 0.4) is 0 Å². The summed E-state index contributed by atoms with van der Waals surface area (Å²) in [5.41, 5.74) is 0.502. The van der Waals surface area contributed by atoms with Crippen LogP contribution in [-0.4, -0.2) is 15.9 Å². The van der Waals surface area contributed by atoms with Gasteiger partial charge in [0.1, 0.15) is 23.1 Å². The molecule has 2 rings (SSSR count). The van der Waals surface area contributed by atoms with Gasteiger partial charge in [-0.1, -0.05) is 18.5 Å². The van der Waals surface area contributed by atoms with Crippen LogP contribution < -0.4 is 5.32 Å². The molecular weight excluding hydrogens is 242 g/mol. The number of amides is 1. The van der Waals surface area contributed by atoms with Gasteiger partial charge >= 0.3 is 0 Å². The maximum atomic E-state index is 11.9. The molecule has 0 saturated heterocycles. The molecule has 17 heavy (non-hydrogen) atoms. The lowest BCUT2D eigenvalue weighted by Gasteiger charge is -2.03. The number of aromatic nitrogens is 2. The molecule has 2 aromatic rings. The Morgan fingerprint density at radius 2 is 2.35 bits per heavy atom. The topological polar surface area (TPSA) is 68.0 Å². The number of carbonyl (C=O) groups is 1. The van der Waals surface area contributed by atoms with E-state index in [0.29, 0.717) is 23.6 Å². The first-order valence-corrected chi connectivity index (χ1v) is 5.43. The zero-order valence-corrected chi connectivity index (χ0v) is 9.86. The van der Waals surface area contributed by atoms with E-state index in [0.717, 1.165) is 0 Å². The minimum atomic E-state index is -0.273. The highest BCUT2D eigenvalue weighted by atomic mass is 35.5. The van der Waals surface area contributed by atoms with Crippen molar-refractivity contribution in [3.05, 3.63) is 41.2 Å². The van der Waals surface area contributed by atoms with Crippen molar-refractivity contribution < 1.29 is 9.21 Å². The minimum absolute atomic E-state index is 0.273. The molecule has 0 aromatic carbocycles. The molecule has 0 aliphatic rings. The lowest BCUT2D eigenvalue weighted by Crippen LogP contribution is -2.13. The van der Waals surface area contributed by atoms with Crippen LogP contribution in [0.2, 0.25) is 5.15 Å². The molecule has 1 N–H and O–H groups in total. The van der Waals surface area contributed by atoms with E-state index in [1.165, 1.54) is 18.7 Å². The molecule has 0 spiro atoms. The first-order chi connectivity index (χ1) is 8.20. The highest BCUT2D eigenvalue weighted by Crippen LogP contribution is 2.14. The molecule has 0 atom stereocenters. The second kappa shape index (κ2) is 4.97. The molecule has 2 heterocycles. The van der Waals surface area contributed by atoms with Gasteiger partial charge in [-0.25, -0.2) is 9.97 Å². The van der Waals surface area contributed by atoms with Crippen molar-refractivity contribution in [2.75, 3.05) is 5.32 Å². The Kier molecular flexibility index (Phi) is 3.39. The van der Waals surface area contributed by atoms with Crippen LogP contribution in [0.15, 0.2) is 29.1 Å². The van der Waals surface area contributed by atoms with E-state index < -0.39 is 0 Å². The second-order valence-electron chi connectivity index (χ2n) is 3.29. The largest absolute Gasteiger partial charge is 0.469 e. The highest BCUT2D eigenvalue weighted by molar-refractivity contribution is 6.29. The Morgan fingerprint density at radius 3 is 3.06 bits per heavy atom. The van der Waals surface area contributed by atoms with Crippen LogP contribution in [0.1, 0.15) is 23.0 Å². The van der Waals surface area contributed by atoms with Gasteiger partial charge in [-0.05, 0) is 6.07 Å². The fourth-order valence-electron chi connectivity index (χ4n) is 1.40. The third-order valence-electron chi connectivity index (χ3n) is 2.19. The van der Waals surface area contributed by atoms with Crippen molar-refractivity contribution in [2.45, 2.75) is 13.3 Å². The number of hydrogen-bond acceptors (Lipinski definition) is 4. The molecule has 0 aliphatic heterocycles. The standard InChI is InChI=1S/C11H10ClN3O2/c1-2-8-7(3-4-17-8)11(16)15-10-5-9(12)13-6-14-10/h3-6H,2H2,1H3,(H,13,14,15,16). The number of anilines is 1. The molecule has 0 radical (unpaired) electrons. The summed E-state index contributed by atoms with van der Waals surface area (Å²) in [7, 11) is 0. The number of rotatable bonds is 3. The van der Waals surface area contributed by atoms with Crippen molar-refractivity contribution in [1.82, 2.24) is 9.97 Å². The molecule has 0 unspecified atom stereocenters. The number of nitrogens with zero attached hydrogens (tertiary/aromatic N) is 2. The van der Waals surface area contributed by atoms with E-state index in [1.54, 1.807) is 6.07 Å². The SMILES string of the molecule is CCc1occc1C(=O)Nc1cc(Cl)ncn1. The second-order valence-corrected chi connectivity index (χ2v) is 3.68. The fraction of sp³-hybridized carbons (Fsp3) is 0.182. The van der Waals surface area contributed by atoms with Crippen LogP contribution >= 0.6 is 11.6 Å². The summed E-state index contributed by atoms with van der Waals surface area (Å²) in [5, 5.41) is 2.90. The molecule has 0 fully saturated rings. The van der Waals surface area contributed by atoms with Crippen LogP contribution in [0.4, 0.5) is 5.82 Å². The first kappa shape index (κ1) is 11.6. The average Bonchev–Trinajstić information content (AvgIpc) is 2.77. The summed E-state index contributed by atoms with van der Waals surface area (Å²) < 4.78 is 5.18. The van der Waals surface area contributed by atoms with Crippen molar-refractivity contribution in [3.63, 3.8) is 0 Å². The predicted octanol–water partition coefficient (Wildman–Crippen LogP) is 2.54. The van der Waals surface area contributed by atoms with Gasteiger partial charge in [-0.2, -0.15) is 0 Å². The minimum Gasteiger partial charge on any atom is -0.469 e. The van der Waals surface area contributed by atoms with E-state index >= 15 is 0 Å². The van der Waals surface area contributed by atoms with E-state index in [9.17, 15) is 4.79 Å². The Labute approximate surface area is 103 Å². The van der Waals surface area contributed by atoms with E-state index in [4.69, 9.17) is 16.0 Å². The van der Waals surface area contributed by atoms with Gasteiger partial charge in [-0.15, -0.1) is 0 Å². The van der Waals surface area contributed by atoms with Crippen LogP contribution in [0.5, 0.6) is 0 Å². The summed E-state index contributed by atoms with van der Waals surface area (Å²) in [6.45, 7) is 1.91. The van der Waals surface area contributed by atoms with Gasteiger partial charge in [0.2, 0.25) is 0 Å². The van der Waals surface area contributed by atoms with Crippen molar-refractivity contribution in [3.8, 4) is 0 Å². The van der Waals surface area contributed by atoms with Gasteiger partial charge in [0.15, 0.2) is 0 Å². The monoisotopic (exact) mass is 251 g/mol. The third-order valence-corrected chi connectivity index (χ3v) is 2.39. The predicted molar refractivity (Wildman–Crippen MR) is 63.1 cm³/mol. The van der Waals surface area contributed by atoms with Gasteiger partial charge in [0, 0.05) is 12.5 Å². The van der Waals surface area contributed by atoms with Gasteiger partial charge in [-0.3, -0.25) is 4.79 Å². The molecule has 0 bridgehead atoms. The summed E-state index contributed by atoms with van der Waals surface area (Å²) >= 11 is 5.69. The quantitative estimate of drug-likeness (QED) is 0.851. The van der Waals surface area contributed by atoms with Crippen LogP contribution in [-0.2, 0) is 6.42 Å². The lowest BCUT2D eigenvalue weighted by molar-refractivity contribution is 0.102. The van der Waals surface area contributed by atoms with Crippen molar-refractivity contribution in [1.29, 1.82) is 0 Å². The molecule has 6 heteroatoms. The Hall–Kier alpha value is -1.88.